The number of aromatic nitrogens is 3. The molecule has 2 aromatic carbocycles. The van der Waals surface area contributed by atoms with Crippen LogP contribution in [0.15, 0.2) is 47.5 Å². The van der Waals surface area contributed by atoms with Crippen LogP contribution in [-0.4, -0.2) is 22.0 Å². The van der Waals surface area contributed by atoms with Crippen LogP contribution in [0.25, 0.3) is 0 Å². The zero-order chi connectivity index (χ0) is 18.5. The Morgan fingerprint density at radius 3 is 2.42 bits per heavy atom. The third kappa shape index (κ3) is 4.23. The molecule has 3 rings (SSSR count). The number of benzene rings is 2. The van der Waals surface area contributed by atoms with E-state index in [1.54, 1.807) is 42.6 Å². The van der Waals surface area contributed by atoms with Crippen molar-refractivity contribution in [1.82, 2.24) is 14.9 Å². The summed E-state index contributed by atoms with van der Waals surface area (Å²) in [6, 6.07) is 9.08. The van der Waals surface area contributed by atoms with E-state index in [-0.39, 0.29) is 6.61 Å². The van der Waals surface area contributed by atoms with E-state index in [9.17, 15) is 0 Å². The monoisotopic (exact) mass is 456 g/mol. The minimum atomic E-state index is 0.213. The summed E-state index contributed by atoms with van der Waals surface area (Å²) in [6.45, 7) is 0.673. The Labute approximate surface area is 169 Å². The minimum Gasteiger partial charge on any atom is -0.493 e. The molecule has 0 unspecified atom stereocenters. The zero-order valence-electron chi connectivity index (χ0n) is 13.7. The molecule has 0 spiro atoms. The van der Waals surface area contributed by atoms with Crippen LogP contribution in [0.5, 0.6) is 11.5 Å². The highest BCUT2D eigenvalue weighted by Crippen LogP contribution is 2.37. The van der Waals surface area contributed by atoms with E-state index in [2.05, 4.69) is 31.6 Å². The first-order valence-electron chi connectivity index (χ1n) is 7.59. The Kier molecular flexibility index (Phi) is 6.24. The van der Waals surface area contributed by atoms with Crippen molar-refractivity contribution in [2.45, 2.75) is 13.2 Å². The van der Waals surface area contributed by atoms with Crippen LogP contribution in [-0.2, 0) is 13.2 Å². The van der Waals surface area contributed by atoms with Gasteiger partial charge >= 0.3 is 0 Å². The molecule has 136 valence electrons. The molecular weight excluding hydrogens is 443 g/mol. The van der Waals surface area contributed by atoms with Crippen molar-refractivity contribution in [2.24, 2.45) is 0 Å². The molecule has 9 heteroatoms. The number of ether oxygens (including phenoxy) is 2. The Morgan fingerprint density at radius 2 is 1.77 bits per heavy atom. The van der Waals surface area contributed by atoms with Crippen LogP contribution in [0.4, 0.5) is 0 Å². The molecule has 0 aliphatic rings. The first-order chi connectivity index (χ1) is 12.6. The molecule has 0 amide bonds. The SMILES string of the molecule is COc1ccc(Br)c(CNn2cnnc2)c1OCc1c(Cl)cccc1Cl. The third-order valence-corrected chi connectivity index (χ3v) is 5.12. The Bertz CT molecular complexity index is 870. The molecule has 1 N–H and O–H groups in total. The molecule has 0 atom stereocenters. The first kappa shape index (κ1) is 18.8. The first-order valence-corrected chi connectivity index (χ1v) is 9.14. The van der Waals surface area contributed by atoms with Gasteiger partial charge in [0.25, 0.3) is 0 Å². The van der Waals surface area contributed by atoms with E-state index in [1.807, 2.05) is 12.1 Å². The van der Waals surface area contributed by atoms with Crippen LogP contribution in [0.3, 0.4) is 0 Å². The molecule has 1 aromatic heterocycles. The molecule has 0 radical (unpaired) electrons. The summed E-state index contributed by atoms with van der Waals surface area (Å²) in [4.78, 5) is 0. The van der Waals surface area contributed by atoms with Crippen molar-refractivity contribution in [3.63, 3.8) is 0 Å². The lowest BCUT2D eigenvalue weighted by Crippen LogP contribution is -2.14. The molecule has 0 saturated heterocycles. The molecule has 3 aromatic rings. The Hall–Kier alpha value is -1.96. The van der Waals surface area contributed by atoms with Gasteiger partial charge in [0.1, 0.15) is 19.3 Å². The fourth-order valence-corrected chi connectivity index (χ4v) is 3.29. The normalized spacial score (nSPS) is 10.6. The van der Waals surface area contributed by atoms with Gasteiger partial charge in [0.2, 0.25) is 0 Å². The lowest BCUT2D eigenvalue weighted by Gasteiger charge is -2.18. The van der Waals surface area contributed by atoms with E-state index < -0.39 is 0 Å². The second-order valence-electron chi connectivity index (χ2n) is 5.25. The smallest absolute Gasteiger partial charge is 0.167 e. The number of nitrogens with one attached hydrogen (secondary N) is 1. The average molecular weight is 458 g/mol. The summed E-state index contributed by atoms with van der Waals surface area (Å²) in [5.41, 5.74) is 4.76. The molecular formula is C17H15BrCl2N4O2. The number of rotatable bonds is 7. The predicted octanol–water partition coefficient (Wildman–Crippen LogP) is 4.68. The molecule has 0 aliphatic heterocycles. The molecule has 0 fully saturated rings. The fraction of sp³-hybridized carbons (Fsp3) is 0.176. The standard InChI is InChI=1S/C17H15BrCl2N4O2/c1-25-16-6-5-13(18)11(7-23-24-9-21-22-10-24)17(16)26-8-12-14(19)3-2-4-15(12)20/h2-6,9-10,23H,7-8H2,1H3. The van der Waals surface area contributed by atoms with Crippen LogP contribution in [0.1, 0.15) is 11.1 Å². The highest BCUT2D eigenvalue weighted by Gasteiger charge is 2.16. The lowest BCUT2D eigenvalue weighted by atomic mass is 10.1. The van der Waals surface area contributed by atoms with Gasteiger partial charge in [-0.25, -0.2) is 4.68 Å². The van der Waals surface area contributed by atoms with E-state index in [0.29, 0.717) is 28.1 Å². The van der Waals surface area contributed by atoms with Crippen molar-refractivity contribution < 1.29 is 9.47 Å². The van der Waals surface area contributed by atoms with E-state index in [1.165, 1.54) is 0 Å². The quantitative estimate of drug-likeness (QED) is 0.558. The van der Waals surface area contributed by atoms with Gasteiger partial charge in [0, 0.05) is 25.6 Å². The number of methoxy groups -OCH3 is 1. The van der Waals surface area contributed by atoms with Crippen LogP contribution in [0.2, 0.25) is 10.0 Å². The Balaban J connectivity index is 1.87. The minimum absolute atomic E-state index is 0.213. The van der Waals surface area contributed by atoms with Gasteiger partial charge in [-0.05, 0) is 24.3 Å². The van der Waals surface area contributed by atoms with Crippen molar-refractivity contribution in [3.8, 4) is 11.5 Å². The van der Waals surface area contributed by atoms with Gasteiger partial charge in [-0.3, -0.25) is 0 Å². The second-order valence-corrected chi connectivity index (χ2v) is 6.92. The maximum Gasteiger partial charge on any atom is 0.167 e. The number of halogens is 3. The molecule has 0 saturated carbocycles. The van der Waals surface area contributed by atoms with Gasteiger partial charge in [-0.15, -0.1) is 10.2 Å². The molecule has 0 aliphatic carbocycles. The van der Waals surface area contributed by atoms with Crippen molar-refractivity contribution in [2.75, 3.05) is 12.5 Å². The zero-order valence-corrected chi connectivity index (χ0v) is 16.8. The highest BCUT2D eigenvalue weighted by atomic mass is 79.9. The van der Waals surface area contributed by atoms with Gasteiger partial charge < -0.3 is 14.9 Å². The third-order valence-electron chi connectivity index (χ3n) is 3.67. The molecule has 26 heavy (non-hydrogen) atoms. The van der Waals surface area contributed by atoms with E-state index >= 15 is 0 Å². The van der Waals surface area contributed by atoms with Crippen LogP contribution in [0, 0.1) is 0 Å². The molecule has 0 bridgehead atoms. The maximum atomic E-state index is 6.23. The average Bonchev–Trinajstić information content (AvgIpc) is 3.14. The number of nitrogens with zero attached hydrogens (tertiary/aromatic N) is 3. The van der Waals surface area contributed by atoms with E-state index in [4.69, 9.17) is 32.7 Å². The summed E-state index contributed by atoms with van der Waals surface area (Å²) in [7, 11) is 1.59. The summed E-state index contributed by atoms with van der Waals surface area (Å²) < 4.78 is 14.0. The van der Waals surface area contributed by atoms with Crippen LogP contribution >= 0.6 is 39.1 Å². The van der Waals surface area contributed by atoms with Crippen molar-refractivity contribution in [3.05, 3.63) is 68.6 Å². The highest BCUT2D eigenvalue weighted by molar-refractivity contribution is 9.10. The largest absolute Gasteiger partial charge is 0.493 e. The number of hydrogen-bond donors (Lipinski definition) is 1. The van der Waals surface area contributed by atoms with Crippen molar-refractivity contribution in [1.29, 1.82) is 0 Å². The summed E-state index contributed by atoms with van der Waals surface area (Å²) in [6.07, 6.45) is 3.14. The van der Waals surface area contributed by atoms with Gasteiger partial charge in [-0.2, -0.15) is 0 Å². The second kappa shape index (κ2) is 8.62. The van der Waals surface area contributed by atoms with Gasteiger partial charge in [0.15, 0.2) is 11.5 Å². The van der Waals surface area contributed by atoms with Gasteiger partial charge in [0.05, 0.1) is 13.7 Å². The Morgan fingerprint density at radius 1 is 1.08 bits per heavy atom. The number of hydrogen-bond acceptors (Lipinski definition) is 5. The summed E-state index contributed by atoms with van der Waals surface area (Å²) >= 11 is 16.0. The summed E-state index contributed by atoms with van der Waals surface area (Å²) in [5.74, 6) is 1.20. The van der Waals surface area contributed by atoms with E-state index in [0.717, 1.165) is 15.6 Å². The van der Waals surface area contributed by atoms with Crippen molar-refractivity contribution >= 4 is 39.1 Å². The maximum absolute atomic E-state index is 6.23. The summed E-state index contributed by atoms with van der Waals surface area (Å²) in [5, 5.41) is 8.63. The predicted molar refractivity (Wildman–Crippen MR) is 105 cm³/mol. The topological polar surface area (TPSA) is 61.2 Å². The van der Waals surface area contributed by atoms with Crippen LogP contribution < -0.4 is 14.9 Å². The molecule has 1 heterocycles. The fourth-order valence-electron chi connectivity index (χ4n) is 2.33. The van der Waals surface area contributed by atoms with Gasteiger partial charge in [-0.1, -0.05) is 45.2 Å². The molecule has 6 nitrogen and oxygen atoms in total. The lowest BCUT2D eigenvalue weighted by molar-refractivity contribution is 0.281.